The molecule has 1 unspecified atom stereocenters. The number of nitrogens with zero attached hydrogens (tertiary/aromatic N) is 2. The van der Waals surface area contributed by atoms with Gasteiger partial charge in [0.15, 0.2) is 0 Å². The number of hydrogen-bond acceptors (Lipinski definition) is 4. The highest BCUT2D eigenvalue weighted by Crippen LogP contribution is 2.33. The number of piperazine rings is 1. The lowest BCUT2D eigenvalue weighted by Crippen LogP contribution is -2.45. The Labute approximate surface area is 115 Å². The highest BCUT2D eigenvalue weighted by Gasteiger charge is 2.24. The Morgan fingerprint density at radius 2 is 2.00 bits per heavy atom. The number of fused-ring (bicyclic) bond motifs is 1. The zero-order valence-electron chi connectivity index (χ0n) is 11.9. The van der Waals surface area contributed by atoms with Crippen molar-refractivity contribution in [2.24, 2.45) is 0 Å². The molecule has 1 atom stereocenters. The summed E-state index contributed by atoms with van der Waals surface area (Å²) in [6.45, 7) is 5.27. The van der Waals surface area contributed by atoms with Gasteiger partial charge in [-0.05, 0) is 32.6 Å². The van der Waals surface area contributed by atoms with E-state index in [0.717, 1.165) is 45.0 Å². The zero-order valence-corrected chi connectivity index (χ0v) is 11.9. The standard InChI is InChI=1S/C15H23N3O/c1-16-12-10-13-14(4-3-5-15(13)19-11-12)18-8-6-17(2)7-9-18/h3-5,12,16H,6-11H2,1-2H3. The molecule has 0 radical (unpaired) electrons. The predicted molar refractivity (Wildman–Crippen MR) is 78.2 cm³/mol. The Kier molecular flexibility index (Phi) is 3.62. The molecular formula is C15H23N3O. The van der Waals surface area contributed by atoms with Gasteiger partial charge in [0.25, 0.3) is 0 Å². The van der Waals surface area contributed by atoms with Crippen LogP contribution in [0.4, 0.5) is 5.69 Å². The Morgan fingerprint density at radius 1 is 1.21 bits per heavy atom. The molecule has 0 amide bonds. The number of benzene rings is 1. The van der Waals surface area contributed by atoms with Crippen molar-refractivity contribution in [3.63, 3.8) is 0 Å². The number of rotatable bonds is 2. The Morgan fingerprint density at radius 3 is 2.74 bits per heavy atom. The minimum Gasteiger partial charge on any atom is -0.492 e. The number of nitrogens with one attached hydrogen (secondary N) is 1. The van der Waals surface area contributed by atoms with Crippen LogP contribution in [0.5, 0.6) is 5.75 Å². The monoisotopic (exact) mass is 261 g/mol. The second kappa shape index (κ2) is 5.39. The molecule has 104 valence electrons. The average Bonchev–Trinajstić information content (AvgIpc) is 2.47. The summed E-state index contributed by atoms with van der Waals surface area (Å²) in [6, 6.07) is 6.89. The van der Waals surface area contributed by atoms with E-state index in [1.165, 1.54) is 11.3 Å². The van der Waals surface area contributed by atoms with E-state index in [2.05, 4.69) is 40.4 Å². The van der Waals surface area contributed by atoms with Crippen LogP contribution in [0.3, 0.4) is 0 Å². The molecule has 1 N–H and O–H groups in total. The predicted octanol–water partition coefficient (Wildman–Crippen LogP) is 0.961. The van der Waals surface area contributed by atoms with Crippen molar-refractivity contribution >= 4 is 5.69 Å². The fourth-order valence-corrected chi connectivity index (χ4v) is 2.92. The van der Waals surface area contributed by atoms with E-state index in [0.29, 0.717) is 6.04 Å². The van der Waals surface area contributed by atoms with Gasteiger partial charge in [0.2, 0.25) is 0 Å². The maximum Gasteiger partial charge on any atom is 0.124 e. The van der Waals surface area contributed by atoms with Crippen molar-refractivity contribution in [1.29, 1.82) is 0 Å². The van der Waals surface area contributed by atoms with E-state index < -0.39 is 0 Å². The summed E-state index contributed by atoms with van der Waals surface area (Å²) in [5.74, 6) is 1.07. The number of anilines is 1. The van der Waals surface area contributed by atoms with Crippen molar-refractivity contribution in [1.82, 2.24) is 10.2 Å². The maximum atomic E-state index is 5.88. The van der Waals surface area contributed by atoms with Gasteiger partial charge in [-0.3, -0.25) is 0 Å². The lowest BCUT2D eigenvalue weighted by atomic mass is 9.99. The molecular weight excluding hydrogens is 238 g/mol. The summed E-state index contributed by atoms with van der Waals surface area (Å²) < 4.78 is 5.88. The molecule has 0 aliphatic carbocycles. The normalized spacial score (nSPS) is 23.9. The molecule has 2 aliphatic heterocycles. The molecule has 1 saturated heterocycles. The van der Waals surface area contributed by atoms with E-state index in [4.69, 9.17) is 4.74 Å². The highest BCUT2D eigenvalue weighted by atomic mass is 16.5. The van der Waals surface area contributed by atoms with Crippen LogP contribution in [-0.2, 0) is 6.42 Å². The molecule has 0 spiro atoms. The van der Waals surface area contributed by atoms with Crippen LogP contribution in [0.25, 0.3) is 0 Å². The quantitative estimate of drug-likeness (QED) is 0.858. The Hall–Kier alpha value is -1.26. The summed E-state index contributed by atoms with van der Waals surface area (Å²) in [7, 11) is 4.20. The molecule has 4 heteroatoms. The van der Waals surface area contributed by atoms with Crippen LogP contribution in [0, 0.1) is 0 Å². The third kappa shape index (κ3) is 2.55. The Balaban J connectivity index is 1.86. The van der Waals surface area contributed by atoms with Crippen LogP contribution in [-0.4, -0.2) is 57.8 Å². The van der Waals surface area contributed by atoms with Gasteiger partial charge >= 0.3 is 0 Å². The number of likely N-dealkylation sites (N-methyl/N-ethyl adjacent to an activating group) is 2. The average molecular weight is 261 g/mol. The molecule has 3 rings (SSSR count). The molecule has 0 aromatic heterocycles. The van der Waals surface area contributed by atoms with Gasteiger partial charge in [-0.25, -0.2) is 0 Å². The largest absolute Gasteiger partial charge is 0.492 e. The van der Waals surface area contributed by atoms with Crippen LogP contribution in [0.2, 0.25) is 0 Å². The second-order valence-electron chi connectivity index (χ2n) is 5.54. The topological polar surface area (TPSA) is 27.7 Å². The molecule has 1 aromatic carbocycles. The van der Waals surface area contributed by atoms with Crippen molar-refractivity contribution in [2.75, 3.05) is 51.8 Å². The molecule has 0 saturated carbocycles. The van der Waals surface area contributed by atoms with Gasteiger partial charge in [0.05, 0.1) is 0 Å². The van der Waals surface area contributed by atoms with Gasteiger partial charge in [0, 0.05) is 43.5 Å². The molecule has 19 heavy (non-hydrogen) atoms. The molecule has 0 bridgehead atoms. The maximum absolute atomic E-state index is 5.88. The lowest BCUT2D eigenvalue weighted by molar-refractivity contribution is 0.245. The summed E-state index contributed by atoms with van der Waals surface area (Å²) in [4.78, 5) is 4.89. The van der Waals surface area contributed by atoms with Crippen LogP contribution in [0.15, 0.2) is 18.2 Å². The van der Waals surface area contributed by atoms with Gasteiger partial charge < -0.3 is 19.9 Å². The lowest BCUT2D eigenvalue weighted by Gasteiger charge is -2.37. The first-order valence-corrected chi connectivity index (χ1v) is 7.13. The molecule has 2 aliphatic rings. The highest BCUT2D eigenvalue weighted by molar-refractivity contribution is 5.60. The molecule has 2 heterocycles. The van der Waals surface area contributed by atoms with Crippen molar-refractivity contribution in [3.8, 4) is 5.75 Å². The van der Waals surface area contributed by atoms with Gasteiger partial charge in [-0.15, -0.1) is 0 Å². The first-order valence-electron chi connectivity index (χ1n) is 7.13. The summed E-state index contributed by atoms with van der Waals surface area (Å²) in [5, 5.41) is 3.33. The van der Waals surface area contributed by atoms with E-state index in [1.807, 2.05) is 7.05 Å². The first kappa shape index (κ1) is 12.8. The second-order valence-corrected chi connectivity index (χ2v) is 5.54. The molecule has 1 aromatic rings. The summed E-state index contributed by atoms with van der Waals surface area (Å²) >= 11 is 0. The van der Waals surface area contributed by atoms with E-state index in [9.17, 15) is 0 Å². The van der Waals surface area contributed by atoms with Gasteiger partial charge in [-0.1, -0.05) is 6.07 Å². The summed E-state index contributed by atoms with van der Waals surface area (Å²) in [5.41, 5.74) is 2.74. The SMILES string of the molecule is CNC1COc2cccc(N3CCN(C)CC3)c2C1. The fraction of sp³-hybridized carbons (Fsp3) is 0.600. The van der Waals surface area contributed by atoms with Crippen LogP contribution >= 0.6 is 0 Å². The van der Waals surface area contributed by atoms with Crippen LogP contribution in [0.1, 0.15) is 5.56 Å². The van der Waals surface area contributed by atoms with Crippen molar-refractivity contribution < 1.29 is 4.74 Å². The smallest absolute Gasteiger partial charge is 0.124 e. The van der Waals surface area contributed by atoms with E-state index in [-0.39, 0.29) is 0 Å². The first-order chi connectivity index (χ1) is 9.28. The summed E-state index contributed by atoms with van der Waals surface area (Å²) in [6.07, 6.45) is 1.06. The third-order valence-electron chi connectivity index (χ3n) is 4.25. The van der Waals surface area contributed by atoms with Crippen LogP contribution < -0.4 is 15.0 Å². The van der Waals surface area contributed by atoms with Gasteiger partial charge in [0.1, 0.15) is 12.4 Å². The van der Waals surface area contributed by atoms with Crippen molar-refractivity contribution in [2.45, 2.75) is 12.5 Å². The molecule has 4 nitrogen and oxygen atoms in total. The fourth-order valence-electron chi connectivity index (χ4n) is 2.92. The number of ether oxygens (including phenoxy) is 1. The third-order valence-corrected chi connectivity index (χ3v) is 4.25. The van der Waals surface area contributed by atoms with E-state index in [1.54, 1.807) is 0 Å². The van der Waals surface area contributed by atoms with Crippen molar-refractivity contribution in [3.05, 3.63) is 23.8 Å². The molecule has 1 fully saturated rings. The zero-order chi connectivity index (χ0) is 13.2. The Bertz CT molecular complexity index is 441. The minimum atomic E-state index is 0.432. The number of hydrogen-bond donors (Lipinski definition) is 1. The minimum absolute atomic E-state index is 0.432. The van der Waals surface area contributed by atoms with Gasteiger partial charge in [-0.2, -0.15) is 0 Å². The van der Waals surface area contributed by atoms with E-state index >= 15 is 0 Å².